The number of amides is 1. The number of nitrogens with zero attached hydrogens (tertiary/aromatic N) is 4. The zero-order chi connectivity index (χ0) is 18.9. The normalized spacial score (nSPS) is 28.2. The molecular formula is C12H16N5O8P. The van der Waals surface area contributed by atoms with Gasteiger partial charge in [0, 0.05) is 6.92 Å². The molecule has 0 spiro atoms. The first kappa shape index (κ1) is 18.8. The van der Waals surface area contributed by atoms with E-state index in [2.05, 4.69) is 24.1 Å². The number of carbonyl (C=O) groups is 1. The number of ether oxygens (including phenoxy) is 1. The van der Waals surface area contributed by atoms with E-state index in [1.807, 2.05) is 0 Å². The maximum absolute atomic E-state index is 11.6. The molecule has 1 aliphatic heterocycles. The molecule has 1 amide bonds. The molecule has 3 rings (SSSR count). The fourth-order valence-electron chi connectivity index (χ4n) is 2.38. The maximum Gasteiger partial charge on any atom is 0.493 e. The van der Waals surface area contributed by atoms with Gasteiger partial charge >= 0.3 is 7.82 Å². The van der Waals surface area contributed by atoms with Gasteiger partial charge in [-0.3, -0.25) is 13.9 Å². The van der Waals surface area contributed by atoms with Crippen molar-refractivity contribution in [2.24, 2.45) is 0 Å². The summed E-state index contributed by atoms with van der Waals surface area (Å²) >= 11 is 0. The lowest BCUT2D eigenvalue weighted by molar-refractivity contribution is -0.126. The molecule has 0 bridgehead atoms. The number of phosphoric ester groups is 1. The van der Waals surface area contributed by atoms with Crippen molar-refractivity contribution in [3.05, 3.63) is 18.9 Å². The van der Waals surface area contributed by atoms with Crippen LogP contribution in [0.25, 0.3) is 11.2 Å². The van der Waals surface area contributed by atoms with Crippen LogP contribution in [0.15, 0.2) is 18.9 Å². The van der Waals surface area contributed by atoms with E-state index in [4.69, 9.17) is 4.74 Å². The number of hydrogen-bond acceptors (Lipinski definition) is 10. The molecule has 0 radical (unpaired) electrons. The van der Waals surface area contributed by atoms with Crippen molar-refractivity contribution in [3.8, 4) is 0 Å². The average molecular weight is 389 g/mol. The van der Waals surface area contributed by atoms with Gasteiger partial charge in [0.15, 0.2) is 11.9 Å². The molecule has 142 valence electrons. The van der Waals surface area contributed by atoms with Crippen molar-refractivity contribution in [1.29, 1.82) is 0 Å². The minimum atomic E-state index is -4.61. The number of hydroxylamine groups is 1. The van der Waals surface area contributed by atoms with Crippen molar-refractivity contribution >= 4 is 24.9 Å². The predicted molar refractivity (Wildman–Crippen MR) is 81.9 cm³/mol. The summed E-state index contributed by atoms with van der Waals surface area (Å²) in [6, 6.07) is 0. The molecule has 0 aliphatic carbocycles. The number of aliphatic hydroxyl groups is 2. The molecule has 1 aliphatic rings. The quantitative estimate of drug-likeness (QED) is 0.338. The standard InChI is InChI=1S/C12H16N5O8P/c1-6(18)16-25-26(21,22)23-3-8-9(19)10(20)12(24-8)17-5-15-7-2-13-4-14-11(7)17/h2,4-5,8-10,12,19-20H,3H2,1H3,(H,16,18)(H,21,22)/t8-,9-,10-,12-/m1/s1. The number of rotatable bonds is 6. The zero-order valence-corrected chi connectivity index (χ0v) is 14.3. The summed E-state index contributed by atoms with van der Waals surface area (Å²) < 4.78 is 27.4. The molecule has 14 heteroatoms. The Morgan fingerprint density at radius 2 is 2.19 bits per heavy atom. The van der Waals surface area contributed by atoms with E-state index in [9.17, 15) is 24.5 Å². The van der Waals surface area contributed by atoms with Crippen LogP contribution in [0, 0.1) is 0 Å². The van der Waals surface area contributed by atoms with Gasteiger partial charge < -0.3 is 19.8 Å². The second-order valence-electron chi connectivity index (χ2n) is 5.44. The van der Waals surface area contributed by atoms with E-state index in [0.29, 0.717) is 11.2 Å². The maximum atomic E-state index is 11.6. The Bertz CT molecular complexity index is 846. The topological polar surface area (TPSA) is 178 Å². The van der Waals surface area contributed by atoms with E-state index < -0.39 is 44.9 Å². The number of fused-ring (bicyclic) bond motifs is 1. The number of nitrogens with one attached hydrogen (secondary N) is 1. The number of phosphoric acid groups is 1. The van der Waals surface area contributed by atoms with Gasteiger partial charge in [-0.25, -0.2) is 25.0 Å². The van der Waals surface area contributed by atoms with Crippen molar-refractivity contribution in [2.45, 2.75) is 31.5 Å². The SMILES string of the molecule is CC(=O)NOP(=O)(O)OC[C@H]1O[C@@H](n2cnc3cncnc32)[C@H](O)[C@@H]1O. The van der Waals surface area contributed by atoms with E-state index in [1.165, 1.54) is 23.4 Å². The van der Waals surface area contributed by atoms with Gasteiger partial charge in [-0.1, -0.05) is 0 Å². The summed E-state index contributed by atoms with van der Waals surface area (Å²) in [5, 5.41) is 20.3. The fraction of sp³-hybridized carbons (Fsp3) is 0.500. The third-order valence-corrected chi connectivity index (χ3v) is 4.35. The third-order valence-electron chi connectivity index (χ3n) is 3.56. The Kier molecular flexibility index (Phi) is 5.29. The summed E-state index contributed by atoms with van der Waals surface area (Å²) in [4.78, 5) is 32.0. The number of imidazole rings is 1. The molecule has 1 saturated heterocycles. The van der Waals surface area contributed by atoms with Crippen LogP contribution < -0.4 is 5.48 Å². The molecule has 2 aromatic rings. The summed E-state index contributed by atoms with van der Waals surface area (Å²) in [5.41, 5.74) is 2.51. The van der Waals surface area contributed by atoms with Gasteiger partial charge in [0.2, 0.25) is 5.91 Å². The molecule has 0 aromatic carbocycles. The van der Waals surface area contributed by atoms with Gasteiger partial charge in [0.25, 0.3) is 0 Å². The second kappa shape index (κ2) is 7.32. The van der Waals surface area contributed by atoms with Crippen LogP contribution in [0.3, 0.4) is 0 Å². The van der Waals surface area contributed by atoms with Gasteiger partial charge in [0.1, 0.15) is 30.2 Å². The van der Waals surface area contributed by atoms with E-state index in [1.54, 1.807) is 5.48 Å². The Morgan fingerprint density at radius 1 is 1.42 bits per heavy atom. The van der Waals surface area contributed by atoms with Crippen LogP contribution >= 0.6 is 7.82 Å². The molecule has 26 heavy (non-hydrogen) atoms. The summed E-state index contributed by atoms with van der Waals surface area (Å²) in [6.07, 6.45) is -0.854. The van der Waals surface area contributed by atoms with Crippen LogP contribution in [0.2, 0.25) is 0 Å². The molecule has 2 aromatic heterocycles. The lowest BCUT2D eigenvalue weighted by Gasteiger charge is -2.17. The average Bonchev–Trinajstić information content (AvgIpc) is 3.14. The van der Waals surface area contributed by atoms with Crippen LogP contribution in [0.4, 0.5) is 0 Å². The first-order valence-corrected chi connectivity index (χ1v) is 8.84. The van der Waals surface area contributed by atoms with Crippen molar-refractivity contribution in [1.82, 2.24) is 25.0 Å². The first-order valence-electron chi connectivity index (χ1n) is 7.35. The molecule has 3 heterocycles. The van der Waals surface area contributed by atoms with Gasteiger partial charge in [-0.05, 0) is 0 Å². The van der Waals surface area contributed by atoms with Gasteiger partial charge in [-0.2, -0.15) is 4.62 Å². The van der Waals surface area contributed by atoms with Crippen LogP contribution in [-0.4, -0.2) is 65.5 Å². The molecule has 4 N–H and O–H groups in total. The van der Waals surface area contributed by atoms with E-state index in [-0.39, 0.29) is 0 Å². The van der Waals surface area contributed by atoms with Crippen LogP contribution in [0.1, 0.15) is 13.2 Å². The van der Waals surface area contributed by atoms with Gasteiger partial charge in [0.05, 0.1) is 19.1 Å². The monoisotopic (exact) mass is 389 g/mol. The Morgan fingerprint density at radius 3 is 2.92 bits per heavy atom. The molecule has 1 fully saturated rings. The lowest BCUT2D eigenvalue weighted by Crippen LogP contribution is -2.33. The molecule has 1 unspecified atom stereocenters. The zero-order valence-electron chi connectivity index (χ0n) is 13.4. The summed E-state index contributed by atoms with van der Waals surface area (Å²) in [5.74, 6) is -0.704. The second-order valence-corrected chi connectivity index (χ2v) is 6.82. The molecule has 0 saturated carbocycles. The third kappa shape index (κ3) is 3.88. The highest BCUT2D eigenvalue weighted by Crippen LogP contribution is 2.43. The minimum absolute atomic E-state index is 0.375. The summed E-state index contributed by atoms with van der Waals surface area (Å²) in [7, 11) is -4.61. The first-order chi connectivity index (χ1) is 12.3. The smallest absolute Gasteiger partial charge is 0.387 e. The van der Waals surface area contributed by atoms with Crippen molar-refractivity contribution < 1.29 is 38.4 Å². The van der Waals surface area contributed by atoms with E-state index >= 15 is 0 Å². The largest absolute Gasteiger partial charge is 0.493 e. The Balaban J connectivity index is 1.68. The highest BCUT2D eigenvalue weighted by atomic mass is 31.2. The van der Waals surface area contributed by atoms with Crippen LogP contribution in [-0.2, 0) is 23.2 Å². The lowest BCUT2D eigenvalue weighted by atomic mass is 10.1. The predicted octanol–water partition coefficient (Wildman–Crippen LogP) is -1.37. The van der Waals surface area contributed by atoms with Crippen molar-refractivity contribution in [3.63, 3.8) is 0 Å². The Labute approximate surface area is 146 Å². The number of carbonyl (C=O) groups excluding carboxylic acids is 1. The van der Waals surface area contributed by atoms with Crippen molar-refractivity contribution in [2.75, 3.05) is 6.61 Å². The van der Waals surface area contributed by atoms with Crippen LogP contribution in [0.5, 0.6) is 0 Å². The molecule has 5 atom stereocenters. The fourth-order valence-corrected chi connectivity index (χ4v) is 3.02. The van der Waals surface area contributed by atoms with E-state index in [0.717, 1.165) is 6.92 Å². The molecule has 13 nitrogen and oxygen atoms in total. The highest BCUT2D eigenvalue weighted by Gasteiger charge is 2.45. The van der Waals surface area contributed by atoms with Gasteiger partial charge in [-0.15, -0.1) is 0 Å². The highest BCUT2D eigenvalue weighted by molar-refractivity contribution is 7.47. The minimum Gasteiger partial charge on any atom is -0.387 e. The number of aromatic nitrogens is 4. The summed E-state index contributed by atoms with van der Waals surface area (Å²) in [6.45, 7) is 0.494. The number of hydrogen-bond donors (Lipinski definition) is 4. The molecular weight excluding hydrogens is 373 g/mol. The number of aliphatic hydroxyl groups excluding tert-OH is 2. The Hall–Kier alpha value is -1.99.